The minimum absolute atomic E-state index is 0.349. The number of ether oxygens (including phenoxy) is 1. The number of hydrogen-bond acceptors (Lipinski definition) is 7. The van der Waals surface area contributed by atoms with Crippen molar-refractivity contribution in [3.8, 4) is 6.01 Å². The summed E-state index contributed by atoms with van der Waals surface area (Å²) in [4.78, 5) is 17.3. The van der Waals surface area contributed by atoms with Crippen LogP contribution in [0.25, 0.3) is 0 Å². The summed E-state index contributed by atoms with van der Waals surface area (Å²) in [5.74, 6) is 1.22. The maximum absolute atomic E-state index is 5.10. The summed E-state index contributed by atoms with van der Waals surface area (Å²) >= 11 is 0. The fourth-order valence-corrected chi connectivity index (χ4v) is 1.94. The van der Waals surface area contributed by atoms with Gasteiger partial charge in [-0.1, -0.05) is 0 Å². The maximum Gasteiger partial charge on any atom is 0.322 e. The second-order valence-electron chi connectivity index (χ2n) is 4.34. The zero-order valence-electron chi connectivity index (χ0n) is 11.2. The van der Waals surface area contributed by atoms with Crippen molar-refractivity contribution in [1.29, 1.82) is 0 Å². The van der Waals surface area contributed by atoms with Crippen molar-refractivity contribution in [3.63, 3.8) is 0 Å². The molecule has 0 saturated carbocycles. The fourth-order valence-electron chi connectivity index (χ4n) is 1.94. The van der Waals surface area contributed by atoms with Gasteiger partial charge in [-0.05, 0) is 20.0 Å². The average Bonchev–Trinajstić information content (AvgIpc) is 2.63. The van der Waals surface area contributed by atoms with E-state index in [1.54, 1.807) is 14.2 Å². The molecule has 1 aromatic rings. The summed E-state index contributed by atoms with van der Waals surface area (Å²) < 4.78 is 5.10. The molecule has 1 N–H and O–H groups in total. The highest BCUT2D eigenvalue weighted by atomic mass is 16.5. The summed E-state index contributed by atoms with van der Waals surface area (Å²) in [5, 5.41) is 2.93. The molecule has 0 bridgehead atoms. The molecular formula is C11H20N6O. The number of likely N-dealkylation sites (N-methyl/N-ethyl adjacent to an activating group) is 1. The van der Waals surface area contributed by atoms with Gasteiger partial charge in [0.25, 0.3) is 0 Å². The summed E-state index contributed by atoms with van der Waals surface area (Å²) in [6.45, 7) is 4.01. The van der Waals surface area contributed by atoms with Crippen molar-refractivity contribution in [1.82, 2.24) is 19.9 Å². The lowest BCUT2D eigenvalue weighted by molar-refractivity contribution is 0.359. The van der Waals surface area contributed by atoms with Gasteiger partial charge in [0, 0.05) is 26.7 Å². The lowest BCUT2D eigenvalue weighted by Gasteiger charge is -2.20. The van der Waals surface area contributed by atoms with Gasteiger partial charge in [-0.15, -0.1) is 0 Å². The highest BCUT2D eigenvalue weighted by molar-refractivity contribution is 5.38. The van der Waals surface area contributed by atoms with Crippen LogP contribution in [0.5, 0.6) is 6.01 Å². The van der Waals surface area contributed by atoms with Crippen LogP contribution in [0, 0.1) is 0 Å². The summed E-state index contributed by atoms with van der Waals surface area (Å²) in [7, 11) is 5.49. The van der Waals surface area contributed by atoms with Gasteiger partial charge in [-0.3, -0.25) is 0 Å². The Bertz CT molecular complexity index is 377. The molecule has 2 rings (SSSR count). The van der Waals surface area contributed by atoms with Gasteiger partial charge in [0.2, 0.25) is 11.9 Å². The molecule has 1 aliphatic rings. The third kappa shape index (κ3) is 2.98. The van der Waals surface area contributed by atoms with Crippen LogP contribution in [0.3, 0.4) is 0 Å². The lowest BCUT2D eigenvalue weighted by atomic mass is 10.4. The van der Waals surface area contributed by atoms with E-state index in [1.807, 2.05) is 0 Å². The van der Waals surface area contributed by atoms with Gasteiger partial charge in [0.05, 0.1) is 7.11 Å². The molecule has 0 amide bonds. The molecule has 0 aliphatic carbocycles. The predicted octanol–water partition coefficient (Wildman–Crippen LogP) is 0.0638. The topological polar surface area (TPSA) is 66.4 Å². The highest BCUT2D eigenvalue weighted by Crippen LogP contribution is 2.16. The zero-order chi connectivity index (χ0) is 13.0. The van der Waals surface area contributed by atoms with E-state index in [-0.39, 0.29) is 0 Å². The van der Waals surface area contributed by atoms with Crippen molar-refractivity contribution in [3.05, 3.63) is 0 Å². The normalized spacial score (nSPS) is 17.4. The van der Waals surface area contributed by atoms with Crippen LogP contribution in [0.2, 0.25) is 0 Å². The molecular weight excluding hydrogens is 232 g/mol. The second-order valence-corrected chi connectivity index (χ2v) is 4.34. The molecule has 7 nitrogen and oxygen atoms in total. The van der Waals surface area contributed by atoms with Crippen molar-refractivity contribution in [2.45, 2.75) is 6.42 Å². The SMILES string of the molecule is CNc1nc(OC)nc(N2CCCN(C)CC2)n1. The molecule has 0 unspecified atom stereocenters. The zero-order valence-corrected chi connectivity index (χ0v) is 11.2. The number of nitrogens with one attached hydrogen (secondary N) is 1. The first-order chi connectivity index (χ1) is 8.72. The van der Waals surface area contributed by atoms with Crippen molar-refractivity contribution in [2.75, 3.05) is 57.6 Å². The Morgan fingerprint density at radius 2 is 1.94 bits per heavy atom. The van der Waals surface area contributed by atoms with Crippen molar-refractivity contribution in [2.24, 2.45) is 0 Å². The van der Waals surface area contributed by atoms with Gasteiger partial charge in [0.15, 0.2) is 0 Å². The molecule has 1 saturated heterocycles. The molecule has 0 aromatic carbocycles. The second kappa shape index (κ2) is 5.81. The molecule has 7 heteroatoms. The number of anilines is 2. The molecule has 1 aromatic heterocycles. The largest absolute Gasteiger partial charge is 0.467 e. The number of nitrogens with zero attached hydrogens (tertiary/aromatic N) is 5. The van der Waals surface area contributed by atoms with Crippen molar-refractivity contribution < 1.29 is 4.74 Å². The molecule has 1 fully saturated rings. The fraction of sp³-hybridized carbons (Fsp3) is 0.727. The summed E-state index contributed by atoms with van der Waals surface area (Å²) in [6, 6.07) is 0.349. The Labute approximate surface area is 107 Å². The van der Waals surface area contributed by atoms with E-state index < -0.39 is 0 Å². The van der Waals surface area contributed by atoms with Gasteiger partial charge in [0.1, 0.15) is 0 Å². The van der Waals surface area contributed by atoms with Gasteiger partial charge >= 0.3 is 6.01 Å². The van der Waals surface area contributed by atoms with E-state index in [0.717, 1.165) is 32.6 Å². The first-order valence-corrected chi connectivity index (χ1v) is 6.14. The van der Waals surface area contributed by atoms with E-state index in [1.165, 1.54) is 0 Å². The maximum atomic E-state index is 5.10. The van der Waals surface area contributed by atoms with Crippen LogP contribution in [0.15, 0.2) is 0 Å². The number of rotatable bonds is 3. The molecule has 0 atom stereocenters. The molecule has 100 valence electrons. The van der Waals surface area contributed by atoms with Gasteiger partial charge < -0.3 is 19.9 Å². The predicted molar refractivity (Wildman–Crippen MR) is 70.3 cm³/mol. The summed E-state index contributed by atoms with van der Waals surface area (Å²) in [5.41, 5.74) is 0. The standard InChI is InChI=1S/C11H20N6O/c1-12-9-13-10(15-11(14-9)18-3)17-6-4-5-16(2)7-8-17/h4-8H2,1-3H3,(H,12,13,14,15). The molecule has 18 heavy (non-hydrogen) atoms. The molecule has 0 radical (unpaired) electrons. The Morgan fingerprint density at radius 1 is 1.11 bits per heavy atom. The average molecular weight is 252 g/mol. The van der Waals surface area contributed by atoms with Crippen LogP contribution in [-0.4, -0.2) is 67.2 Å². The Hall–Kier alpha value is -1.63. The third-order valence-corrected chi connectivity index (χ3v) is 3.01. The molecule has 2 heterocycles. The van der Waals surface area contributed by atoms with Gasteiger partial charge in [-0.2, -0.15) is 15.0 Å². The Morgan fingerprint density at radius 3 is 2.67 bits per heavy atom. The quantitative estimate of drug-likeness (QED) is 0.816. The monoisotopic (exact) mass is 252 g/mol. The van der Waals surface area contributed by atoms with E-state index in [9.17, 15) is 0 Å². The third-order valence-electron chi connectivity index (χ3n) is 3.01. The van der Waals surface area contributed by atoms with Crippen molar-refractivity contribution >= 4 is 11.9 Å². The molecule has 0 spiro atoms. The van der Waals surface area contributed by atoms with Gasteiger partial charge in [-0.25, -0.2) is 0 Å². The minimum atomic E-state index is 0.349. The Kier molecular flexibility index (Phi) is 4.14. The first-order valence-electron chi connectivity index (χ1n) is 6.14. The summed E-state index contributed by atoms with van der Waals surface area (Å²) in [6.07, 6.45) is 1.11. The number of methoxy groups -OCH3 is 1. The highest BCUT2D eigenvalue weighted by Gasteiger charge is 2.16. The number of hydrogen-bond donors (Lipinski definition) is 1. The molecule has 1 aliphatic heterocycles. The van der Waals surface area contributed by atoms with E-state index in [2.05, 4.69) is 37.1 Å². The smallest absolute Gasteiger partial charge is 0.322 e. The minimum Gasteiger partial charge on any atom is -0.467 e. The van der Waals surface area contributed by atoms with Crippen LogP contribution >= 0.6 is 0 Å². The Balaban J connectivity index is 2.20. The first kappa shape index (κ1) is 12.8. The van der Waals surface area contributed by atoms with Crippen LogP contribution in [0.1, 0.15) is 6.42 Å². The lowest BCUT2D eigenvalue weighted by Crippen LogP contribution is -2.30. The van der Waals surface area contributed by atoms with E-state index in [0.29, 0.717) is 17.9 Å². The van der Waals surface area contributed by atoms with E-state index in [4.69, 9.17) is 4.74 Å². The number of aromatic nitrogens is 3. The van der Waals surface area contributed by atoms with E-state index >= 15 is 0 Å². The van der Waals surface area contributed by atoms with Crippen LogP contribution in [-0.2, 0) is 0 Å². The van der Waals surface area contributed by atoms with Crippen LogP contribution in [0.4, 0.5) is 11.9 Å². The van der Waals surface area contributed by atoms with Crippen LogP contribution < -0.4 is 15.0 Å².